The lowest BCUT2D eigenvalue weighted by atomic mass is 9.71. The summed E-state index contributed by atoms with van der Waals surface area (Å²) in [5.41, 5.74) is 2.84. The fourth-order valence-corrected chi connectivity index (χ4v) is 5.07. The minimum atomic E-state index is -0.470. The predicted molar refractivity (Wildman–Crippen MR) is 119 cm³/mol. The van der Waals surface area contributed by atoms with Crippen LogP contribution in [0, 0.1) is 5.82 Å². The molecule has 2 amide bonds. The van der Waals surface area contributed by atoms with Crippen LogP contribution >= 0.6 is 0 Å². The van der Waals surface area contributed by atoms with Crippen LogP contribution in [0.4, 0.5) is 10.1 Å². The van der Waals surface area contributed by atoms with Crippen LogP contribution in [-0.4, -0.2) is 47.1 Å². The highest BCUT2D eigenvalue weighted by Crippen LogP contribution is 2.48. The average molecular weight is 430 g/mol. The Hall–Kier alpha value is -3.51. The van der Waals surface area contributed by atoms with E-state index in [1.54, 1.807) is 15.9 Å². The van der Waals surface area contributed by atoms with Crippen molar-refractivity contribution in [1.29, 1.82) is 0 Å². The lowest BCUT2D eigenvalue weighted by Gasteiger charge is -2.59. The molecule has 2 heterocycles. The van der Waals surface area contributed by atoms with Crippen LogP contribution in [0.15, 0.2) is 78.9 Å². The van der Waals surface area contributed by atoms with E-state index in [1.165, 1.54) is 18.2 Å². The van der Waals surface area contributed by atoms with Crippen LogP contribution in [0.5, 0.6) is 0 Å². The third-order valence-corrected chi connectivity index (χ3v) is 6.49. The van der Waals surface area contributed by atoms with E-state index < -0.39 is 5.82 Å². The van der Waals surface area contributed by atoms with E-state index in [0.29, 0.717) is 6.54 Å². The summed E-state index contributed by atoms with van der Waals surface area (Å²) in [6.07, 6.45) is 0.236. The molecule has 0 saturated carbocycles. The second-order valence-corrected chi connectivity index (χ2v) is 8.29. The zero-order valence-corrected chi connectivity index (χ0v) is 17.4. The van der Waals surface area contributed by atoms with Crippen molar-refractivity contribution < 1.29 is 19.1 Å². The van der Waals surface area contributed by atoms with Gasteiger partial charge in [0, 0.05) is 23.7 Å². The largest absolute Gasteiger partial charge is 0.394 e. The smallest absolute Gasteiger partial charge is 0.258 e. The monoisotopic (exact) mass is 430 g/mol. The number of carbonyl (C=O) groups is 2. The number of aliphatic hydroxyl groups is 1. The Morgan fingerprint density at radius 3 is 2.47 bits per heavy atom. The van der Waals surface area contributed by atoms with Crippen LogP contribution in [0.3, 0.4) is 0 Å². The molecule has 0 unspecified atom stereocenters. The molecule has 1 saturated heterocycles. The minimum Gasteiger partial charge on any atom is -0.394 e. The van der Waals surface area contributed by atoms with Crippen LogP contribution in [0.2, 0.25) is 0 Å². The van der Waals surface area contributed by atoms with Crippen molar-refractivity contribution in [3.8, 4) is 0 Å². The molecule has 0 radical (unpaired) electrons. The summed E-state index contributed by atoms with van der Waals surface area (Å²) in [7, 11) is 0. The molecular formula is C26H23FN2O3. The molecule has 5 rings (SSSR count). The van der Waals surface area contributed by atoms with Crippen molar-refractivity contribution in [2.75, 3.05) is 18.1 Å². The van der Waals surface area contributed by atoms with Gasteiger partial charge in [-0.3, -0.25) is 9.59 Å². The van der Waals surface area contributed by atoms with Gasteiger partial charge in [-0.05, 0) is 35.4 Å². The number of amides is 2. The van der Waals surface area contributed by atoms with Gasteiger partial charge in [-0.2, -0.15) is 0 Å². The molecule has 3 aromatic carbocycles. The summed E-state index contributed by atoms with van der Waals surface area (Å²) in [6.45, 7) is 0.155. The molecule has 3 aromatic rings. The fourth-order valence-electron chi connectivity index (χ4n) is 5.07. The number of likely N-dealkylation sites (tertiary alicyclic amines) is 1. The van der Waals surface area contributed by atoms with Crippen molar-refractivity contribution in [1.82, 2.24) is 4.90 Å². The van der Waals surface area contributed by atoms with E-state index >= 15 is 0 Å². The zero-order chi connectivity index (χ0) is 22.2. The molecule has 5 nitrogen and oxygen atoms in total. The number of benzene rings is 3. The summed E-state index contributed by atoms with van der Waals surface area (Å²) < 4.78 is 13.8. The van der Waals surface area contributed by atoms with Gasteiger partial charge < -0.3 is 14.9 Å². The Morgan fingerprint density at radius 1 is 0.969 bits per heavy atom. The number of halogens is 1. The quantitative estimate of drug-likeness (QED) is 0.690. The third kappa shape index (κ3) is 3.37. The molecule has 1 N–H and O–H groups in total. The van der Waals surface area contributed by atoms with Gasteiger partial charge in [0.2, 0.25) is 5.91 Å². The van der Waals surface area contributed by atoms with Crippen molar-refractivity contribution >= 4 is 17.5 Å². The first-order valence-electron chi connectivity index (χ1n) is 10.7. The molecule has 0 aromatic heterocycles. The number of hydrogen-bond acceptors (Lipinski definition) is 3. The van der Waals surface area contributed by atoms with E-state index in [4.69, 9.17) is 0 Å². The second kappa shape index (κ2) is 8.20. The molecule has 0 aliphatic carbocycles. The highest BCUT2D eigenvalue weighted by Gasteiger charge is 2.55. The standard InChI is InChI=1S/C26H23FN2O3/c27-19-10-6-9-18(14-19)26(32)28-15-22-25(20-11-4-5-12-21(20)28)23(16-30)29(22)24(31)13-17-7-2-1-3-8-17/h1-12,14,22-23,25,30H,13,15-16H2/t22-,23-,25+/m1/s1. The highest BCUT2D eigenvalue weighted by atomic mass is 19.1. The maximum absolute atomic E-state index is 13.8. The first kappa shape index (κ1) is 20.4. The van der Waals surface area contributed by atoms with Crippen molar-refractivity contribution in [2.45, 2.75) is 24.4 Å². The summed E-state index contributed by atoms with van der Waals surface area (Å²) in [4.78, 5) is 29.8. The number of nitrogens with zero attached hydrogens (tertiary/aromatic N) is 2. The van der Waals surface area contributed by atoms with Gasteiger partial charge in [-0.1, -0.05) is 54.6 Å². The van der Waals surface area contributed by atoms with E-state index in [1.807, 2.05) is 54.6 Å². The predicted octanol–water partition coefficient (Wildman–Crippen LogP) is 3.38. The third-order valence-electron chi connectivity index (χ3n) is 6.49. The van der Waals surface area contributed by atoms with Gasteiger partial charge in [-0.15, -0.1) is 0 Å². The zero-order valence-electron chi connectivity index (χ0n) is 17.4. The van der Waals surface area contributed by atoms with Gasteiger partial charge >= 0.3 is 0 Å². The Balaban J connectivity index is 1.48. The number of aliphatic hydroxyl groups excluding tert-OH is 1. The molecule has 1 fully saturated rings. The van der Waals surface area contributed by atoms with E-state index in [0.717, 1.165) is 16.8 Å². The minimum absolute atomic E-state index is 0.0486. The Morgan fingerprint density at radius 2 is 1.72 bits per heavy atom. The maximum Gasteiger partial charge on any atom is 0.258 e. The molecule has 6 heteroatoms. The Kier molecular flexibility index (Phi) is 5.23. The lowest BCUT2D eigenvalue weighted by molar-refractivity contribution is -0.149. The summed E-state index contributed by atoms with van der Waals surface area (Å²) in [5.74, 6) is -0.900. The van der Waals surface area contributed by atoms with Crippen LogP contribution in [0.25, 0.3) is 0 Å². The number of carbonyl (C=O) groups excluding carboxylic acids is 2. The van der Waals surface area contributed by atoms with Gasteiger partial charge in [0.25, 0.3) is 5.91 Å². The number of para-hydroxylation sites is 1. The van der Waals surface area contributed by atoms with Gasteiger partial charge in [-0.25, -0.2) is 4.39 Å². The van der Waals surface area contributed by atoms with Gasteiger partial charge in [0.05, 0.1) is 25.1 Å². The van der Waals surface area contributed by atoms with Gasteiger partial charge in [0.15, 0.2) is 0 Å². The van der Waals surface area contributed by atoms with Crippen LogP contribution < -0.4 is 4.90 Å². The first-order valence-corrected chi connectivity index (χ1v) is 10.7. The number of anilines is 1. The molecule has 162 valence electrons. The number of fused-ring (bicyclic) bond motifs is 3. The molecular weight excluding hydrogens is 407 g/mol. The van der Waals surface area contributed by atoms with Crippen molar-refractivity contribution in [2.24, 2.45) is 0 Å². The summed E-state index contributed by atoms with van der Waals surface area (Å²) in [6, 6.07) is 22.1. The molecule has 2 aliphatic rings. The highest BCUT2D eigenvalue weighted by molar-refractivity contribution is 6.07. The molecule has 0 spiro atoms. The lowest BCUT2D eigenvalue weighted by Crippen LogP contribution is -2.71. The summed E-state index contributed by atoms with van der Waals surface area (Å²) >= 11 is 0. The number of hydrogen-bond donors (Lipinski definition) is 1. The van der Waals surface area contributed by atoms with Crippen LogP contribution in [-0.2, 0) is 11.2 Å². The molecule has 0 bridgehead atoms. The fraction of sp³-hybridized carbons (Fsp3) is 0.231. The molecule has 2 aliphatic heterocycles. The molecule has 32 heavy (non-hydrogen) atoms. The second-order valence-electron chi connectivity index (χ2n) is 8.29. The van der Waals surface area contributed by atoms with Crippen LogP contribution in [0.1, 0.15) is 27.4 Å². The van der Waals surface area contributed by atoms with E-state index in [9.17, 15) is 19.1 Å². The van der Waals surface area contributed by atoms with E-state index in [-0.39, 0.29) is 48.4 Å². The van der Waals surface area contributed by atoms with Crippen molar-refractivity contribution in [3.05, 3.63) is 101 Å². The molecule has 3 atom stereocenters. The maximum atomic E-state index is 13.8. The Bertz CT molecular complexity index is 1170. The van der Waals surface area contributed by atoms with E-state index in [2.05, 4.69) is 0 Å². The number of rotatable bonds is 4. The SMILES string of the molecule is O=C(c1cccc(F)c1)N1C[C@@H]2[C@H](c3ccccc31)[C@@H](CO)N2C(=O)Cc1ccccc1. The Labute approximate surface area is 185 Å². The summed E-state index contributed by atoms with van der Waals surface area (Å²) in [5, 5.41) is 10.1. The van der Waals surface area contributed by atoms with Crippen molar-refractivity contribution in [3.63, 3.8) is 0 Å². The first-order chi connectivity index (χ1) is 15.6. The average Bonchev–Trinajstić information content (AvgIpc) is 2.79. The normalized spacial score (nSPS) is 21.4. The van der Waals surface area contributed by atoms with Gasteiger partial charge in [0.1, 0.15) is 5.82 Å². The topological polar surface area (TPSA) is 60.9 Å².